The zero-order valence-electron chi connectivity index (χ0n) is 9.42. The van der Waals surface area contributed by atoms with E-state index < -0.39 is 0 Å². The third kappa shape index (κ3) is 1.97. The summed E-state index contributed by atoms with van der Waals surface area (Å²) in [6.45, 7) is 6.36. The van der Waals surface area contributed by atoms with Crippen molar-refractivity contribution in [1.82, 2.24) is 4.98 Å². The van der Waals surface area contributed by atoms with Gasteiger partial charge in [-0.15, -0.1) is 0 Å². The highest BCUT2D eigenvalue weighted by Gasteiger charge is 2.23. The van der Waals surface area contributed by atoms with Gasteiger partial charge in [-0.25, -0.2) is 0 Å². The molecule has 0 fully saturated rings. The number of nitrogens with zero attached hydrogens (tertiary/aromatic N) is 1. The molecule has 78 valence electrons. The van der Waals surface area contributed by atoms with Gasteiger partial charge in [-0.2, -0.15) is 0 Å². The molecule has 0 atom stereocenters. The lowest BCUT2D eigenvalue weighted by atomic mass is 9.86. The molecule has 0 N–H and O–H groups in total. The van der Waals surface area contributed by atoms with Crippen molar-refractivity contribution in [2.75, 3.05) is 14.2 Å². The van der Waals surface area contributed by atoms with Crippen LogP contribution in [0, 0.1) is 0 Å². The fraction of sp³-hybridized carbons (Fsp3) is 0.545. The molecule has 1 rings (SSSR count). The Balaban J connectivity index is 3.34. The van der Waals surface area contributed by atoms with Crippen LogP contribution in [0.2, 0.25) is 0 Å². The van der Waals surface area contributed by atoms with E-state index in [1.807, 2.05) is 0 Å². The van der Waals surface area contributed by atoms with Crippen molar-refractivity contribution < 1.29 is 9.47 Å². The average molecular weight is 195 g/mol. The Morgan fingerprint density at radius 2 is 1.43 bits per heavy atom. The Kier molecular flexibility index (Phi) is 2.99. The summed E-state index contributed by atoms with van der Waals surface area (Å²) >= 11 is 0. The van der Waals surface area contributed by atoms with E-state index in [0.29, 0.717) is 0 Å². The van der Waals surface area contributed by atoms with Crippen molar-refractivity contribution >= 4 is 0 Å². The van der Waals surface area contributed by atoms with Crippen LogP contribution in [-0.4, -0.2) is 19.2 Å². The second-order valence-corrected chi connectivity index (χ2v) is 4.17. The van der Waals surface area contributed by atoms with Gasteiger partial charge in [0.15, 0.2) is 0 Å². The lowest BCUT2D eigenvalue weighted by Gasteiger charge is -2.23. The van der Waals surface area contributed by atoms with Crippen LogP contribution in [0.1, 0.15) is 26.3 Å². The molecule has 0 aromatic carbocycles. The number of aromatic nitrogens is 1. The Labute approximate surface area is 85.1 Å². The predicted molar refractivity (Wildman–Crippen MR) is 56.0 cm³/mol. The molecule has 1 aromatic rings. The highest BCUT2D eigenvalue weighted by atomic mass is 16.5. The number of hydrogen-bond donors (Lipinski definition) is 0. The van der Waals surface area contributed by atoms with Crippen LogP contribution in [-0.2, 0) is 5.41 Å². The number of ether oxygens (including phenoxy) is 2. The second kappa shape index (κ2) is 3.86. The number of pyridine rings is 1. The molecule has 0 saturated carbocycles. The van der Waals surface area contributed by atoms with Gasteiger partial charge in [0.25, 0.3) is 0 Å². The Morgan fingerprint density at radius 1 is 1.00 bits per heavy atom. The van der Waals surface area contributed by atoms with E-state index in [1.54, 1.807) is 26.6 Å². The van der Waals surface area contributed by atoms with Gasteiger partial charge >= 0.3 is 0 Å². The Hall–Kier alpha value is -1.25. The van der Waals surface area contributed by atoms with Gasteiger partial charge in [0.05, 0.1) is 26.6 Å². The highest BCUT2D eigenvalue weighted by Crippen LogP contribution is 2.37. The minimum atomic E-state index is -0.0143. The molecule has 0 bridgehead atoms. The van der Waals surface area contributed by atoms with Crippen LogP contribution in [0.4, 0.5) is 0 Å². The molecule has 3 heteroatoms. The molecule has 0 aliphatic rings. The number of rotatable bonds is 2. The van der Waals surface area contributed by atoms with Crippen LogP contribution in [0.3, 0.4) is 0 Å². The fourth-order valence-electron chi connectivity index (χ4n) is 1.47. The molecule has 3 nitrogen and oxygen atoms in total. The minimum Gasteiger partial charge on any atom is -0.495 e. The van der Waals surface area contributed by atoms with Crippen LogP contribution in [0.25, 0.3) is 0 Å². The summed E-state index contributed by atoms with van der Waals surface area (Å²) in [7, 11) is 3.29. The van der Waals surface area contributed by atoms with Crippen LogP contribution in [0.15, 0.2) is 12.4 Å². The van der Waals surface area contributed by atoms with Gasteiger partial charge in [-0.3, -0.25) is 4.98 Å². The minimum absolute atomic E-state index is 0.0143. The molecule has 0 unspecified atom stereocenters. The molecular formula is C11H17NO2. The molecule has 14 heavy (non-hydrogen) atoms. The second-order valence-electron chi connectivity index (χ2n) is 4.17. The quantitative estimate of drug-likeness (QED) is 0.726. The van der Waals surface area contributed by atoms with Gasteiger partial charge < -0.3 is 9.47 Å². The van der Waals surface area contributed by atoms with E-state index in [9.17, 15) is 0 Å². The zero-order valence-corrected chi connectivity index (χ0v) is 9.42. The maximum Gasteiger partial charge on any atom is 0.144 e. The molecule has 0 aliphatic carbocycles. The van der Waals surface area contributed by atoms with Crippen molar-refractivity contribution in [3.8, 4) is 11.5 Å². The van der Waals surface area contributed by atoms with E-state index in [4.69, 9.17) is 9.47 Å². The smallest absolute Gasteiger partial charge is 0.144 e. The molecule has 1 aromatic heterocycles. The van der Waals surface area contributed by atoms with Gasteiger partial charge in [-0.1, -0.05) is 20.8 Å². The van der Waals surface area contributed by atoms with Crippen molar-refractivity contribution in [3.63, 3.8) is 0 Å². The molecular weight excluding hydrogens is 178 g/mol. The molecule has 0 aliphatic heterocycles. The van der Waals surface area contributed by atoms with Crippen molar-refractivity contribution in [1.29, 1.82) is 0 Å². The number of methoxy groups -OCH3 is 2. The molecule has 1 heterocycles. The standard InChI is InChI=1S/C11H17NO2/c1-11(2,3)10-8(13-4)6-12-7-9(10)14-5/h6-7H,1-5H3. The first kappa shape index (κ1) is 10.8. The van der Waals surface area contributed by atoms with Gasteiger partial charge in [0.2, 0.25) is 0 Å². The number of hydrogen-bond acceptors (Lipinski definition) is 3. The molecule has 0 amide bonds. The molecule has 0 saturated heterocycles. The van der Waals surface area contributed by atoms with E-state index in [0.717, 1.165) is 17.1 Å². The first-order valence-corrected chi connectivity index (χ1v) is 4.57. The summed E-state index contributed by atoms with van der Waals surface area (Å²) in [4.78, 5) is 4.05. The van der Waals surface area contributed by atoms with E-state index >= 15 is 0 Å². The van der Waals surface area contributed by atoms with E-state index in [-0.39, 0.29) is 5.41 Å². The monoisotopic (exact) mass is 195 g/mol. The third-order valence-corrected chi connectivity index (χ3v) is 2.07. The van der Waals surface area contributed by atoms with Crippen LogP contribution < -0.4 is 9.47 Å². The zero-order chi connectivity index (χ0) is 10.8. The maximum atomic E-state index is 5.27. The lowest BCUT2D eigenvalue weighted by Crippen LogP contribution is -2.14. The fourth-order valence-corrected chi connectivity index (χ4v) is 1.47. The lowest BCUT2D eigenvalue weighted by molar-refractivity contribution is 0.364. The summed E-state index contributed by atoms with van der Waals surface area (Å²) in [5, 5.41) is 0. The highest BCUT2D eigenvalue weighted by molar-refractivity contribution is 5.46. The Bertz CT molecular complexity index is 293. The van der Waals surface area contributed by atoms with Crippen molar-refractivity contribution in [2.24, 2.45) is 0 Å². The first-order valence-electron chi connectivity index (χ1n) is 4.57. The predicted octanol–water partition coefficient (Wildman–Crippen LogP) is 2.40. The third-order valence-electron chi connectivity index (χ3n) is 2.07. The van der Waals surface area contributed by atoms with E-state index in [2.05, 4.69) is 25.8 Å². The van der Waals surface area contributed by atoms with Crippen LogP contribution in [0.5, 0.6) is 11.5 Å². The maximum absolute atomic E-state index is 5.27. The SMILES string of the molecule is COc1cncc(OC)c1C(C)(C)C. The summed E-state index contributed by atoms with van der Waals surface area (Å²) in [5.74, 6) is 1.55. The topological polar surface area (TPSA) is 31.4 Å². The van der Waals surface area contributed by atoms with Gasteiger partial charge in [-0.05, 0) is 5.41 Å². The summed E-state index contributed by atoms with van der Waals surface area (Å²) in [5.41, 5.74) is 1.04. The normalized spacial score (nSPS) is 11.2. The summed E-state index contributed by atoms with van der Waals surface area (Å²) in [6, 6.07) is 0. The van der Waals surface area contributed by atoms with Gasteiger partial charge in [0, 0.05) is 5.56 Å². The summed E-state index contributed by atoms with van der Waals surface area (Å²) in [6.07, 6.45) is 3.42. The van der Waals surface area contributed by atoms with Gasteiger partial charge in [0.1, 0.15) is 11.5 Å². The molecule has 0 spiro atoms. The van der Waals surface area contributed by atoms with Crippen molar-refractivity contribution in [2.45, 2.75) is 26.2 Å². The van der Waals surface area contributed by atoms with E-state index in [1.165, 1.54) is 0 Å². The Morgan fingerprint density at radius 3 is 1.71 bits per heavy atom. The van der Waals surface area contributed by atoms with Crippen molar-refractivity contribution in [3.05, 3.63) is 18.0 Å². The summed E-state index contributed by atoms with van der Waals surface area (Å²) < 4.78 is 10.5. The van der Waals surface area contributed by atoms with Crippen LogP contribution >= 0.6 is 0 Å². The largest absolute Gasteiger partial charge is 0.495 e. The average Bonchev–Trinajstić information content (AvgIpc) is 2.15. The molecule has 0 radical (unpaired) electrons. The first-order chi connectivity index (χ1) is 6.50.